The summed E-state index contributed by atoms with van der Waals surface area (Å²) in [4.78, 5) is 26.5. The van der Waals surface area contributed by atoms with Crippen molar-refractivity contribution in [1.82, 2.24) is 14.5 Å². The Morgan fingerprint density at radius 3 is 2.23 bits per heavy atom. The van der Waals surface area contributed by atoms with E-state index >= 15 is 0 Å². The maximum absolute atomic E-state index is 13.0. The molecular formula is C26H32FN3O4S. The van der Waals surface area contributed by atoms with Gasteiger partial charge in [-0.2, -0.15) is 4.31 Å². The first-order valence-corrected chi connectivity index (χ1v) is 13.3. The SMILES string of the molecule is CCN(CC(=O)NCc1ccc(F)cc1)C(=O)C=Cc1ccc(S(=O)(=O)N2CCCCCC2)cc1. The second-order valence-corrected chi connectivity index (χ2v) is 10.4. The van der Waals surface area contributed by atoms with Gasteiger partial charge in [-0.15, -0.1) is 0 Å². The number of carbonyl (C=O) groups is 2. The number of likely N-dealkylation sites (N-methyl/N-ethyl adjacent to an activating group) is 1. The fourth-order valence-electron chi connectivity index (χ4n) is 3.83. The highest BCUT2D eigenvalue weighted by atomic mass is 32.2. The van der Waals surface area contributed by atoms with Crippen molar-refractivity contribution in [1.29, 1.82) is 0 Å². The quantitative estimate of drug-likeness (QED) is 0.533. The predicted molar refractivity (Wildman–Crippen MR) is 133 cm³/mol. The third-order valence-corrected chi connectivity index (χ3v) is 7.84. The van der Waals surface area contributed by atoms with E-state index in [0.29, 0.717) is 25.2 Å². The molecule has 0 radical (unpaired) electrons. The Balaban J connectivity index is 1.55. The second kappa shape index (κ2) is 12.6. The Labute approximate surface area is 206 Å². The van der Waals surface area contributed by atoms with Crippen molar-refractivity contribution in [3.05, 3.63) is 71.6 Å². The van der Waals surface area contributed by atoms with Crippen molar-refractivity contribution in [3.8, 4) is 0 Å². The van der Waals surface area contributed by atoms with Crippen molar-refractivity contribution < 1.29 is 22.4 Å². The third-order valence-electron chi connectivity index (χ3n) is 5.93. The average molecular weight is 502 g/mol. The lowest BCUT2D eigenvalue weighted by atomic mass is 10.2. The van der Waals surface area contributed by atoms with Crippen LogP contribution in [0.2, 0.25) is 0 Å². The first kappa shape index (κ1) is 26.6. The van der Waals surface area contributed by atoms with Crippen LogP contribution in [-0.4, -0.2) is 55.6 Å². The summed E-state index contributed by atoms with van der Waals surface area (Å²) in [7, 11) is -3.52. The smallest absolute Gasteiger partial charge is 0.247 e. The van der Waals surface area contributed by atoms with Crippen molar-refractivity contribution in [2.75, 3.05) is 26.2 Å². The van der Waals surface area contributed by atoms with Gasteiger partial charge in [0.05, 0.1) is 11.4 Å². The van der Waals surface area contributed by atoms with Crippen molar-refractivity contribution in [2.24, 2.45) is 0 Å². The molecule has 0 atom stereocenters. The molecule has 1 fully saturated rings. The molecule has 1 aliphatic heterocycles. The summed E-state index contributed by atoms with van der Waals surface area (Å²) < 4.78 is 40.3. The zero-order valence-corrected chi connectivity index (χ0v) is 20.8. The minimum atomic E-state index is -3.52. The number of hydrogen-bond acceptors (Lipinski definition) is 4. The molecule has 0 aromatic heterocycles. The van der Waals surface area contributed by atoms with E-state index < -0.39 is 10.0 Å². The topological polar surface area (TPSA) is 86.8 Å². The summed E-state index contributed by atoms with van der Waals surface area (Å²) in [6.45, 7) is 3.36. The largest absolute Gasteiger partial charge is 0.350 e. The Kier molecular flexibility index (Phi) is 9.56. The molecule has 1 aliphatic rings. The zero-order valence-electron chi connectivity index (χ0n) is 20.0. The van der Waals surface area contributed by atoms with Gasteiger partial charge in [0, 0.05) is 32.3 Å². The molecule has 3 rings (SSSR count). The van der Waals surface area contributed by atoms with Gasteiger partial charge in [0.2, 0.25) is 21.8 Å². The number of hydrogen-bond donors (Lipinski definition) is 1. The molecule has 0 spiro atoms. The highest BCUT2D eigenvalue weighted by Crippen LogP contribution is 2.21. The highest BCUT2D eigenvalue weighted by Gasteiger charge is 2.24. The number of carbonyl (C=O) groups excluding carboxylic acids is 2. The number of halogens is 1. The van der Waals surface area contributed by atoms with Crippen LogP contribution in [0.4, 0.5) is 4.39 Å². The standard InChI is InChI=1S/C26H32FN3O4S/c1-2-29(20-25(31)28-19-22-7-12-23(27)13-8-22)26(32)16-11-21-9-14-24(15-10-21)35(33,34)30-17-5-3-4-6-18-30/h7-16H,2-6,17-20H2,1H3,(H,28,31). The van der Waals surface area contributed by atoms with Gasteiger partial charge < -0.3 is 10.2 Å². The van der Waals surface area contributed by atoms with E-state index in [-0.39, 0.29) is 35.6 Å². The molecule has 0 aliphatic carbocycles. The van der Waals surface area contributed by atoms with Crippen LogP contribution in [0.1, 0.15) is 43.7 Å². The first-order chi connectivity index (χ1) is 16.8. The van der Waals surface area contributed by atoms with Gasteiger partial charge in [-0.05, 0) is 61.2 Å². The van der Waals surface area contributed by atoms with Gasteiger partial charge in [0.1, 0.15) is 5.82 Å². The molecule has 0 bridgehead atoms. The molecule has 2 amide bonds. The summed E-state index contributed by atoms with van der Waals surface area (Å²) in [6.07, 6.45) is 6.82. The fourth-order valence-corrected chi connectivity index (χ4v) is 5.35. The number of nitrogens with one attached hydrogen (secondary N) is 1. The Morgan fingerprint density at radius 1 is 1.00 bits per heavy atom. The van der Waals surface area contributed by atoms with E-state index in [0.717, 1.165) is 31.2 Å². The fraction of sp³-hybridized carbons (Fsp3) is 0.385. The van der Waals surface area contributed by atoms with E-state index in [4.69, 9.17) is 0 Å². The molecule has 0 unspecified atom stereocenters. The van der Waals surface area contributed by atoms with E-state index in [1.165, 1.54) is 23.1 Å². The Morgan fingerprint density at radius 2 is 1.63 bits per heavy atom. The molecule has 1 N–H and O–H groups in total. The van der Waals surface area contributed by atoms with Gasteiger partial charge in [-0.1, -0.05) is 37.1 Å². The monoisotopic (exact) mass is 501 g/mol. The minimum absolute atomic E-state index is 0.103. The van der Waals surface area contributed by atoms with Crippen LogP contribution >= 0.6 is 0 Å². The van der Waals surface area contributed by atoms with Crippen LogP contribution in [0.3, 0.4) is 0 Å². The summed E-state index contributed by atoms with van der Waals surface area (Å²) in [5, 5.41) is 2.72. The van der Waals surface area contributed by atoms with Gasteiger partial charge in [0.25, 0.3) is 0 Å². The predicted octanol–water partition coefficient (Wildman–Crippen LogP) is 3.57. The van der Waals surface area contributed by atoms with Crippen LogP contribution in [-0.2, 0) is 26.2 Å². The molecule has 7 nitrogen and oxygen atoms in total. The van der Waals surface area contributed by atoms with Gasteiger partial charge in [-0.25, -0.2) is 12.8 Å². The Hall–Kier alpha value is -3.04. The lowest BCUT2D eigenvalue weighted by molar-refractivity contribution is -0.132. The van der Waals surface area contributed by atoms with E-state index in [1.807, 2.05) is 0 Å². The van der Waals surface area contributed by atoms with E-state index in [2.05, 4.69) is 5.32 Å². The molecule has 35 heavy (non-hydrogen) atoms. The summed E-state index contributed by atoms with van der Waals surface area (Å²) in [5.74, 6) is -0.991. The molecule has 2 aromatic carbocycles. The molecule has 9 heteroatoms. The van der Waals surface area contributed by atoms with Crippen LogP contribution in [0.5, 0.6) is 0 Å². The molecule has 1 heterocycles. The normalized spacial score (nSPS) is 15.0. The average Bonchev–Trinajstić information content (AvgIpc) is 3.16. The molecular weight excluding hydrogens is 469 g/mol. The summed E-state index contributed by atoms with van der Waals surface area (Å²) >= 11 is 0. The summed E-state index contributed by atoms with van der Waals surface area (Å²) in [5.41, 5.74) is 1.44. The maximum Gasteiger partial charge on any atom is 0.247 e. The van der Waals surface area contributed by atoms with Crippen molar-refractivity contribution in [2.45, 2.75) is 44.0 Å². The van der Waals surface area contributed by atoms with Crippen LogP contribution < -0.4 is 5.32 Å². The molecule has 0 saturated carbocycles. The van der Waals surface area contributed by atoms with Crippen LogP contribution in [0, 0.1) is 5.82 Å². The molecule has 2 aromatic rings. The second-order valence-electron chi connectivity index (χ2n) is 8.48. The van der Waals surface area contributed by atoms with Crippen LogP contribution in [0.15, 0.2) is 59.5 Å². The van der Waals surface area contributed by atoms with Gasteiger partial charge in [-0.3, -0.25) is 9.59 Å². The summed E-state index contributed by atoms with van der Waals surface area (Å²) in [6, 6.07) is 12.3. The number of nitrogens with zero attached hydrogens (tertiary/aromatic N) is 2. The van der Waals surface area contributed by atoms with Gasteiger partial charge in [0.15, 0.2) is 0 Å². The van der Waals surface area contributed by atoms with Crippen molar-refractivity contribution >= 4 is 27.9 Å². The van der Waals surface area contributed by atoms with E-state index in [1.54, 1.807) is 53.7 Å². The number of rotatable bonds is 9. The lowest BCUT2D eigenvalue weighted by Crippen LogP contribution is -2.39. The maximum atomic E-state index is 13.0. The lowest BCUT2D eigenvalue weighted by Gasteiger charge is -2.20. The number of sulfonamides is 1. The highest BCUT2D eigenvalue weighted by molar-refractivity contribution is 7.89. The number of amides is 2. The number of benzene rings is 2. The van der Waals surface area contributed by atoms with E-state index in [9.17, 15) is 22.4 Å². The zero-order chi connectivity index (χ0) is 25.3. The minimum Gasteiger partial charge on any atom is -0.350 e. The Bertz CT molecular complexity index is 1120. The molecule has 188 valence electrons. The van der Waals surface area contributed by atoms with Gasteiger partial charge >= 0.3 is 0 Å². The first-order valence-electron chi connectivity index (χ1n) is 11.9. The third kappa shape index (κ3) is 7.73. The molecule has 1 saturated heterocycles. The van der Waals surface area contributed by atoms with Crippen LogP contribution in [0.25, 0.3) is 6.08 Å². The van der Waals surface area contributed by atoms with Crippen molar-refractivity contribution in [3.63, 3.8) is 0 Å².